The number of carbonyl (C=O) groups excluding carboxylic acids is 2. The van der Waals surface area contributed by atoms with Gasteiger partial charge in [-0.25, -0.2) is 0 Å². The molecule has 0 aliphatic heterocycles. The summed E-state index contributed by atoms with van der Waals surface area (Å²) >= 11 is 0. The quantitative estimate of drug-likeness (QED) is 0.308. The van der Waals surface area contributed by atoms with Gasteiger partial charge in [-0.2, -0.15) is 0 Å². The average molecular weight is 266 g/mol. The molecule has 1 rings (SSSR count). The molecule has 0 heterocycles. The van der Waals surface area contributed by atoms with Crippen molar-refractivity contribution in [2.75, 3.05) is 14.2 Å². The van der Waals surface area contributed by atoms with Crippen LogP contribution in [0.1, 0.15) is 32.1 Å². The van der Waals surface area contributed by atoms with Crippen molar-refractivity contribution in [1.82, 2.24) is 0 Å². The van der Waals surface area contributed by atoms with E-state index < -0.39 is 17.4 Å². The molecule has 4 heteroatoms. The molecule has 1 atom stereocenters. The summed E-state index contributed by atoms with van der Waals surface area (Å²) in [7, 11) is 2.62. The summed E-state index contributed by atoms with van der Waals surface area (Å²) in [5, 5.41) is 0. The molecule has 1 aliphatic carbocycles. The first-order chi connectivity index (χ1) is 9.13. The summed E-state index contributed by atoms with van der Waals surface area (Å²) in [6.07, 6.45) is 9.25. The van der Waals surface area contributed by atoms with Gasteiger partial charge in [0, 0.05) is 5.92 Å². The predicted molar refractivity (Wildman–Crippen MR) is 72.4 cm³/mol. The Kier molecular flexibility index (Phi) is 5.80. The van der Waals surface area contributed by atoms with Gasteiger partial charge < -0.3 is 9.47 Å². The normalized spacial score (nSPS) is 18.1. The summed E-state index contributed by atoms with van der Waals surface area (Å²) in [6, 6.07) is 0. The Labute approximate surface area is 114 Å². The molecule has 19 heavy (non-hydrogen) atoms. The zero-order valence-corrected chi connectivity index (χ0v) is 11.7. The molecule has 0 N–H and O–H groups in total. The van der Waals surface area contributed by atoms with Crippen molar-refractivity contribution < 1.29 is 19.1 Å². The zero-order chi connectivity index (χ0) is 14.3. The van der Waals surface area contributed by atoms with Crippen molar-refractivity contribution in [3.8, 4) is 0 Å². The van der Waals surface area contributed by atoms with Crippen LogP contribution in [0.15, 0.2) is 24.8 Å². The molecule has 0 saturated heterocycles. The van der Waals surface area contributed by atoms with Crippen molar-refractivity contribution in [2.24, 2.45) is 11.3 Å². The maximum atomic E-state index is 12.2. The molecule has 0 aromatic rings. The minimum atomic E-state index is -1.21. The molecular weight excluding hydrogens is 244 g/mol. The van der Waals surface area contributed by atoms with Crippen LogP contribution in [-0.2, 0) is 19.1 Å². The number of esters is 2. The maximum absolute atomic E-state index is 12.2. The first kappa shape index (κ1) is 15.5. The van der Waals surface area contributed by atoms with Gasteiger partial charge in [-0.05, 0) is 32.1 Å². The van der Waals surface area contributed by atoms with Crippen molar-refractivity contribution >= 4 is 11.9 Å². The summed E-state index contributed by atoms with van der Waals surface area (Å²) < 4.78 is 9.76. The van der Waals surface area contributed by atoms with E-state index in [-0.39, 0.29) is 5.92 Å². The lowest BCUT2D eigenvalue weighted by Crippen LogP contribution is -2.46. The molecule has 106 valence electrons. The molecule has 0 spiro atoms. The van der Waals surface area contributed by atoms with Crippen LogP contribution in [0.2, 0.25) is 0 Å². The van der Waals surface area contributed by atoms with Crippen LogP contribution in [0.3, 0.4) is 0 Å². The highest BCUT2D eigenvalue weighted by molar-refractivity contribution is 6.00. The second-order valence-electron chi connectivity index (χ2n) is 4.75. The molecule has 4 nitrogen and oxygen atoms in total. The Morgan fingerprint density at radius 3 is 2.42 bits per heavy atom. The monoisotopic (exact) mass is 266 g/mol. The van der Waals surface area contributed by atoms with E-state index in [9.17, 15) is 9.59 Å². The number of hydrogen-bond donors (Lipinski definition) is 0. The second kappa shape index (κ2) is 7.12. The highest BCUT2D eigenvalue weighted by atomic mass is 16.5. The fraction of sp³-hybridized carbons (Fsp3) is 0.600. The molecule has 0 aromatic heterocycles. The lowest BCUT2D eigenvalue weighted by Gasteiger charge is -2.32. The smallest absolute Gasteiger partial charge is 0.323 e. The minimum Gasteiger partial charge on any atom is -0.468 e. The molecule has 1 unspecified atom stereocenters. The van der Waals surface area contributed by atoms with Crippen LogP contribution in [0.4, 0.5) is 0 Å². The van der Waals surface area contributed by atoms with Crippen molar-refractivity contribution in [1.29, 1.82) is 0 Å². The SMILES string of the molecule is C=CCCCC(C(=O)OC)(C(=O)OC)C1C=CCC1. The van der Waals surface area contributed by atoms with Crippen LogP contribution in [-0.4, -0.2) is 26.2 Å². The van der Waals surface area contributed by atoms with E-state index in [1.54, 1.807) is 6.08 Å². The zero-order valence-electron chi connectivity index (χ0n) is 11.7. The molecule has 0 aromatic carbocycles. The van der Waals surface area contributed by atoms with Gasteiger partial charge in [-0.1, -0.05) is 18.2 Å². The lowest BCUT2D eigenvalue weighted by molar-refractivity contribution is -0.173. The fourth-order valence-electron chi connectivity index (χ4n) is 2.71. The van der Waals surface area contributed by atoms with Gasteiger partial charge in [0.15, 0.2) is 5.41 Å². The summed E-state index contributed by atoms with van der Waals surface area (Å²) in [4.78, 5) is 24.5. The molecule has 1 aliphatic rings. The first-order valence-corrected chi connectivity index (χ1v) is 6.57. The molecule has 0 radical (unpaired) electrons. The number of hydrogen-bond acceptors (Lipinski definition) is 4. The number of rotatable bonds is 7. The topological polar surface area (TPSA) is 52.6 Å². The Morgan fingerprint density at radius 1 is 1.37 bits per heavy atom. The Balaban J connectivity index is 3.07. The van der Waals surface area contributed by atoms with E-state index >= 15 is 0 Å². The predicted octanol–water partition coefficient (Wildman–Crippen LogP) is 2.64. The molecule has 0 saturated carbocycles. The summed E-state index contributed by atoms with van der Waals surface area (Å²) in [5.74, 6) is -1.14. The van der Waals surface area contributed by atoms with Gasteiger partial charge in [-0.15, -0.1) is 6.58 Å². The molecular formula is C15H22O4. The molecule has 0 bridgehead atoms. The highest BCUT2D eigenvalue weighted by Crippen LogP contribution is 2.42. The average Bonchev–Trinajstić information content (AvgIpc) is 2.96. The number of carbonyl (C=O) groups is 2. The van der Waals surface area contributed by atoms with Crippen LogP contribution in [0, 0.1) is 11.3 Å². The van der Waals surface area contributed by atoms with Crippen molar-refractivity contribution in [3.63, 3.8) is 0 Å². The Morgan fingerprint density at radius 2 is 2.00 bits per heavy atom. The van der Waals surface area contributed by atoms with Gasteiger partial charge in [0.2, 0.25) is 0 Å². The minimum absolute atomic E-state index is 0.141. The number of methoxy groups -OCH3 is 2. The maximum Gasteiger partial charge on any atom is 0.323 e. The molecule has 0 amide bonds. The third kappa shape index (κ3) is 3.06. The summed E-state index contributed by atoms with van der Waals surface area (Å²) in [5.41, 5.74) is -1.21. The van der Waals surface area contributed by atoms with E-state index in [1.807, 2.05) is 12.2 Å². The third-order valence-electron chi connectivity index (χ3n) is 3.72. The fourth-order valence-corrected chi connectivity index (χ4v) is 2.71. The van der Waals surface area contributed by atoms with Gasteiger partial charge in [0.1, 0.15) is 0 Å². The van der Waals surface area contributed by atoms with Gasteiger partial charge >= 0.3 is 11.9 Å². The second-order valence-corrected chi connectivity index (χ2v) is 4.75. The molecule has 0 fully saturated rings. The van der Waals surface area contributed by atoms with Crippen LogP contribution < -0.4 is 0 Å². The van der Waals surface area contributed by atoms with Crippen LogP contribution in [0.5, 0.6) is 0 Å². The highest BCUT2D eigenvalue weighted by Gasteiger charge is 2.53. The Bertz CT molecular complexity index is 354. The van der Waals surface area contributed by atoms with Crippen molar-refractivity contribution in [2.45, 2.75) is 32.1 Å². The van der Waals surface area contributed by atoms with Gasteiger partial charge in [0.05, 0.1) is 14.2 Å². The first-order valence-electron chi connectivity index (χ1n) is 6.57. The number of unbranched alkanes of at least 4 members (excludes halogenated alkanes) is 1. The van der Waals surface area contributed by atoms with Gasteiger partial charge in [-0.3, -0.25) is 9.59 Å². The Hall–Kier alpha value is -1.58. The van der Waals surface area contributed by atoms with Gasteiger partial charge in [0.25, 0.3) is 0 Å². The third-order valence-corrected chi connectivity index (χ3v) is 3.72. The van der Waals surface area contributed by atoms with Crippen molar-refractivity contribution in [3.05, 3.63) is 24.8 Å². The summed E-state index contributed by atoms with van der Waals surface area (Å²) in [6.45, 7) is 3.66. The van der Waals surface area contributed by atoms with E-state index in [0.717, 1.165) is 19.3 Å². The largest absolute Gasteiger partial charge is 0.468 e. The standard InChI is InChI=1S/C15H22O4/c1-4-5-8-11-15(13(16)18-2,14(17)19-3)12-9-6-7-10-12/h4,6,9,12H,1,5,7-8,10-11H2,2-3H3. The van der Waals surface area contributed by atoms with E-state index in [4.69, 9.17) is 9.47 Å². The van der Waals surface area contributed by atoms with Crippen LogP contribution >= 0.6 is 0 Å². The number of ether oxygens (including phenoxy) is 2. The van der Waals surface area contributed by atoms with E-state index in [1.165, 1.54) is 14.2 Å². The lowest BCUT2D eigenvalue weighted by atomic mass is 9.71. The number of allylic oxidation sites excluding steroid dienone is 3. The van der Waals surface area contributed by atoms with E-state index in [2.05, 4.69) is 6.58 Å². The van der Waals surface area contributed by atoms with E-state index in [0.29, 0.717) is 12.8 Å². The van der Waals surface area contributed by atoms with Crippen LogP contribution in [0.25, 0.3) is 0 Å².